The van der Waals surface area contributed by atoms with Crippen LogP contribution in [0.4, 0.5) is 5.69 Å². The number of hydrogen-bond acceptors (Lipinski definition) is 4. The third-order valence-electron chi connectivity index (χ3n) is 2.71. The molecule has 0 aliphatic heterocycles. The summed E-state index contributed by atoms with van der Waals surface area (Å²) in [4.78, 5) is 34.7. The third kappa shape index (κ3) is 4.46. The molecule has 0 aliphatic carbocycles. The molecule has 0 saturated carbocycles. The van der Waals surface area contributed by atoms with Crippen LogP contribution in [-0.4, -0.2) is 23.1 Å². The lowest BCUT2D eigenvalue weighted by Crippen LogP contribution is -2.27. The maximum absolute atomic E-state index is 11.7. The van der Waals surface area contributed by atoms with Gasteiger partial charge in [0.25, 0.3) is 11.5 Å². The Morgan fingerprint density at radius 1 is 1.14 bits per heavy atom. The number of rotatable bonds is 5. The fraction of sp³-hybridized carbons (Fsp3) is 0.133. The van der Waals surface area contributed by atoms with Gasteiger partial charge in [0.05, 0.1) is 10.7 Å². The Bertz CT molecular complexity index is 742. The second kappa shape index (κ2) is 7.42. The number of carbonyl (C=O) groups excluding carboxylic acids is 2. The highest BCUT2D eigenvalue weighted by molar-refractivity contribution is 6.33. The van der Waals surface area contributed by atoms with Crippen LogP contribution in [0, 0.1) is 0 Å². The van der Waals surface area contributed by atoms with Crippen molar-refractivity contribution in [2.45, 2.75) is 6.54 Å². The second-order valence-corrected chi connectivity index (χ2v) is 4.76. The zero-order chi connectivity index (χ0) is 15.9. The molecule has 0 aliphatic rings. The molecule has 1 aromatic carbocycles. The van der Waals surface area contributed by atoms with Crippen molar-refractivity contribution in [3.8, 4) is 0 Å². The number of halogens is 1. The summed E-state index contributed by atoms with van der Waals surface area (Å²) < 4.78 is 6.01. The quantitative estimate of drug-likeness (QED) is 0.850. The van der Waals surface area contributed by atoms with Gasteiger partial charge in [-0.2, -0.15) is 0 Å². The summed E-state index contributed by atoms with van der Waals surface area (Å²) in [5.41, 5.74) is 0.115. The van der Waals surface area contributed by atoms with Crippen LogP contribution in [0.2, 0.25) is 5.02 Å². The van der Waals surface area contributed by atoms with Gasteiger partial charge < -0.3 is 14.6 Å². The van der Waals surface area contributed by atoms with E-state index in [2.05, 4.69) is 5.32 Å². The molecule has 2 rings (SSSR count). The summed E-state index contributed by atoms with van der Waals surface area (Å²) in [5.74, 6) is -1.19. The van der Waals surface area contributed by atoms with E-state index in [1.807, 2.05) is 0 Å². The summed E-state index contributed by atoms with van der Waals surface area (Å²) in [6, 6.07) is 11.2. The van der Waals surface area contributed by atoms with E-state index in [1.165, 1.54) is 16.8 Å². The van der Waals surface area contributed by atoms with Crippen LogP contribution in [0.1, 0.15) is 0 Å². The van der Waals surface area contributed by atoms with Crippen molar-refractivity contribution in [1.29, 1.82) is 0 Å². The molecule has 22 heavy (non-hydrogen) atoms. The molecule has 0 fully saturated rings. The van der Waals surface area contributed by atoms with Crippen LogP contribution in [0.3, 0.4) is 0 Å². The van der Waals surface area contributed by atoms with Crippen LogP contribution in [0.5, 0.6) is 0 Å². The monoisotopic (exact) mass is 320 g/mol. The van der Waals surface area contributed by atoms with Crippen LogP contribution in [-0.2, 0) is 20.9 Å². The minimum atomic E-state index is -0.678. The molecule has 0 atom stereocenters. The average molecular weight is 321 g/mol. The second-order valence-electron chi connectivity index (χ2n) is 4.36. The number of hydrogen-bond donors (Lipinski definition) is 1. The molecule has 1 aromatic heterocycles. The van der Waals surface area contributed by atoms with Crippen molar-refractivity contribution in [2.24, 2.45) is 0 Å². The third-order valence-corrected chi connectivity index (χ3v) is 3.04. The number of aromatic nitrogens is 1. The van der Waals surface area contributed by atoms with E-state index in [1.54, 1.807) is 36.4 Å². The zero-order valence-electron chi connectivity index (χ0n) is 11.5. The maximum Gasteiger partial charge on any atom is 0.326 e. The highest BCUT2D eigenvalue weighted by Gasteiger charge is 2.10. The molecule has 1 N–H and O–H groups in total. The molecule has 114 valence electrons. The van der Waals surface area contributed by atoms with Gasteiger partial charge in [-0.1, -0.05) is 29.8 Å². The first-order valence-corrected chi connectivity index (χ1v) is 6.79. The number of amides is 1. The lowest BCUT2D eigenvalue weighted by molar-refractivity contribution is -0.147. The molecular weight excluding hydrogens is 308 g/mol. The molecule has 0 bridgehead atoms. The predicted octanol–water partition coefficient (Wildman–Crippen LogP) is 1.68. The van der Waals surface area contributed by atoms with E-state index >= 15 is 0 Å². The largest absolute Gasteiger partial charge is 0.454 e. The lowest BCUT2D eigenvalue weighted by atomic mass is 10.3. The van der Waals surface area contributed by atoms with Crippen LogP contribution in [0.15, 0.2) is 53.5 Å². The zero-order valence-corrected chi connectivity index (χ0v) is 12.2. The maximum atomic E-state index is 11.7. The van der Waals surface area contributed by atoms with Gasteiger partial charge in [-0.15, -0.1) is 0 Å². The standard InChI is InChI=1S/C15H13ClN2O4/c16-11-5-1-2-6-12(11)17-13(19)10-22-15(21)9-18-8-4-3-7-14(18)20/h1-8H,9-10H2,(H,17,19). The summed E-state index contributed by atoms with van der Waals surface area (Å²) >= 11 is 5.90. The summed E-state index contributed by atoms with van der Waals surface area (Å²) in [7, 11) is 0. The van der Waals surface area contributed by atoms with Gasteiger partial charge in [0, 0.05) is 12.3 Å². The van der Waals surface area contributed by atoms with Crippen LogP contribution in [0.25, 0.3) is 0 Å². The normalized spacial score (nSPS) is 10.0. The van der Waals surface area contributed by atoms with Crippen molar-refractivity contribution in [3.05, 3.63) is 64.0 Å². The molecule has 0 saturated heterocycles. The molecule has 0 radical (unpaired) electrons. The number of para-hydroxylation sites is 1. The summed E-state index contributed by atoms with van der Waals surface area (Å²) in [5, 5.41) is 2.91. The Balaban J connectivity index is 1.84. The number of ether oxygens (including phenoxy) is 1. The van der Waals surface area contributed by atoms with Crippen molar-refractivity contribution in [2.75, 3.05) is 11.9 Å². The Kier molecular flexibility index (Phi) is 5.32. The van der Waals surface area contributed by atoms with Gasteiger partial charge in [-0.05, 0) is 18.2 Å². The summed E-state index contributed by atoms with van der Waals surface area (Å²) in [6.45, 7) is -0.704. The van der Waals surface area contributed by atoms with E-state index in [4.69, 9.17) is 16.3 Å². The fourth-order valence-electron chi connectivity index (χ4n) is 1.67. The molecular formula is C15H13ClN2O4. The molecule has 0 spiro atoms. The highest BCUT2D eigenvalue weighted by atomic mass is 35.5. The molecule has 0 unspecified atom stereocenters. The first-order chi connectivity index (χ1) is 10.6. The van der Waals surface area contributed by atoms with Crippen molar-refractivity contribution >= 4 is 29.2 Å². The Hall–Kier alpha value is -2.60. The molecule has 7 heteroatoms. The number of benzene rings is 1. The molecule has 1 heterocycles. The van der Waals surface area contributed by atoms with Crippen molar-refractivity contribution in [3.63, 3.8) is 0 Å². The number of carbonyl (C=O) groups is 2. The molecule has 2 aromatic rings. The Morgan fingerprint density at radius 2 is 1.86 bits per heavy atom. The van der Waals surface area contributed by atoms with E-state index in [9.17, 15) is 14.4 Å². The first-order valence-electron chi connectivity index (χ1n) is 6.42. The van der Waals surface area contributed by atoms with Gasteiger partial charge in [0.2, 0.25) is 0 Å². The van der Waals surface area contributed by atoms with Crippen molar-refractivity contribution in [1.82, 2.24) is 4.57 Å². The van der Waals surface area contributed by atoms with E-state index in [0.29, 0.717) is 10.7 Å². The van der Waals surface area contributed by atoms with E-state index < -0.39 is 18.5 Å². The number of pyridine rings is 1. The number of anilines is 1. The number of nitrogens with zero attached hydrogens (tertiary/aromatic N) is 1. The molecule has 1 amide bonds. The fourth-order valence-corrected chi connectivity index (χ4v) is 1.85. The van der Waals surface area contributed by atoms with Crippen LogP contribution < -0.4 is 10.9 Å². The van der Waals surface area contributed by atoms with Gasteiger partial charge in [0.1, 0.15) is 6.54 Å². The minimum Gasteiger partial charge on any atom is -0.454 e. The number of nitrogens with one attached hydrogen (secondary N) is 1. The lowest BCUT2D eigenvalue weighted by Gasteiger charge is -2.08. The Morgan fingerprint density at radius 3 is 2.59 bits per heavy atom. The predicted molar refractivity (Wildman–Crippen MR) is 81.7 cm³/mol. The van der Waals surface area contributed by atoms with Gasteiger partial charge in [-0.3, -0.25) is 14.4 Å². The smallest absolute Gasteiger partial charge is 0.326 e. The van der Waals surface area contributed by atoms with Gasteiger partial charge in [0.15, 0.2) is 6.61 Å². The van der Waals surface area contributed by atoms with Gasteiger partial charge >= 0.3 is 5.97 Å². The molecule has 6 nitrogen and oxygen atoms in total. The van der Waals surface area contributed by atoms with E-state index in [0.717, 1.165) is 0 Å². The minimum absolute atomic E-state index is 0.251. The van der Waals surface area contributed by atoms with E-state index in [-0.39, 0.29) is 12.1 Å². The van der Waals surface area contributed by atoms with Crippen molar-refractivity contribution < 1.29 is 14.3 Å². The SMILES string of the molecule is O=C(COC(=O)Cn1ccccc1=O)Nc1ccccc1Cl. The van der Waals surface area contributed by atoms with Crippen LogP contribution >= 0.6 is 11.6 Å². The van der Waals surface area contributed by atoms with Gasteiger partial charge in [-0.25, -0.2) is 0 Å². The summed E-state index contributed by atoms with van der Waals surface area (Å²) in [6.07, 6.45) is 1.47. The first kappa shape index (κ1) is 15.8. The number of esters is 1. The highest BCUT2D eigenvalue weighted by Crippen LogP contribution is 2.20. The Labute approximate surface area is 131 Å². The average Bonchev–Trinajstić information content (AvgIpc) is 2.50. The topological polar surface area (TPSA) is 77.4 Å².